The molecule has 0 bridgehead atoms. The number of alkyl halides is 3. The van der Waals surface area contributed by atoms with E-state index in [2.05, 4.69) is 5.32 Å². The molecular weight excluding hydrogens is 231 g/mol. The average Bonchev–Trinajstić information content (AvgIpc) is 1.97. The maximum Gasteiger partial charge on any atom is 0.390 e. The molecule has 0 aliphatic carbocycles. The fraction of sp³-hybridized carbons (Fsp3) is 1.00. The summed E-state index contributed by atoms with van der Waals surface area (Å²) in [5.74, 6) is -0.0664. The Morgan fingerprint density at radius 2 is 1.87 bits per heavy atom. The van der Waals surface area contributed by atoms with Gasteiger partial charge in [0.05, 0.1) is 6.42 Å². The summed E-state index contributed by atoms with van der Waals surface area (Å²) in [5.41, 5.74) is 0. The molecule has 0 aromatic rings. The number of halogens is 3. The van der Waals surface area contributed by atoms with Crippen molar-refractivity contribution in [2.45, 2.75) is 31.5 Å². The molecule has 1 unspecified atom stereocenters. The first-order valence-electron chi connectivity index (χ1n) is 4.56. The van der Waals surface area contributed by atoms with E-state index >= 15 is 0 Å². The summed E-state index contributed by atoms with van der Waals surface area (Å²) in [6.07, 6.45) is -3.60. The molecule has 0 amide bonds. The zero-order valence-corrected chi connectivity index (χ0v) is 9.58. The van der Waals surface area contributed by atoms with E-state index in [1.54, 1.807) is 0 Å². The van der Waals surface area contributed by atoms with Crippen molar-refractivity contribution >= 4 is 9.84 Å². The Morgan fingerprint density at radius 3 is 2.20 bits per heavy atom. The van der Waals surface area contributed by atoms with Crippen molar-refractivity contribution in [1.82, 2.24) is 5.32 Å². The third kappa shape index (κ3) is 9.99. The topological polar surface area (TPSA) is 46.2 Å². The van der Waals surface area contributed by atoms with Crippen LogP contribution in [0.3, 0.4) is 0 Å². The van der Waals surface area contributed by atoms with E-state index in [0.717, 1.165) is 6.26 Å². The highest BCUT2D eigenvalue weighted by molar-refractivity contribution is 7.90. The van der Waals surface area contributed by atoms with Crippen molar-refractivity contribution in [2.75, 3.05) is 19.1 Å². The van der Waals surface area contributed by atoms with Gasteiger partial charge in [0, 0.05) is 18.1 Å². The molecule has 15 heavy (non-hydrogen) atoms. The van der Waals surface area contributed by atoms with Gasteiger partial charge in [0.2, 0.25) is 0 Å². The first-order valence-corrected chi connectivity index (χ1v) is 6.62. The Hall–Kier alpha value is -0.300. The van der Waals surface area contributed by atoms with Gasteiger partial charge in [0.25, 0.3) is 0 Å². The van der Waals surface area contributed by atoms with Gasteiger partial charge in [0.1, 0.15) is 9.84 Å². The SMILES string of the molecule is CNC(CCCS(C)(=O)=O)CC(F)(F)F. The fourth-order valence-corrected chi connectivity index (χ4v) is 1.91. The van der Waals surface area contributed by atoms with Crippen LogP contribution in [0.1, 0.15) is 19.3 Å². The van der Waals surface area contributed by atoms with E-state index in [-0.39, 0.29) is 18.6 Å². The zero-order valence-electron chi connectivity index (χ0n) is 8.76. The summed E-state index contributed by atoms with van der Waals surface area (Å²) in [6, 6.07) is -0.702. The zero-order chi connectivity index (χ0) is 12.1. The fourth-order valence-electron chi connectivity index (χ4n) is 1.22. The summed E-state index contributed by atoms with van der Waals surface area (Å²) in [4.78, 5) is 0. The smallest absolute Gasteiger partial charge is 0.317 e. The highest BCUT2D eigenvalue weighted by atomic mass is 32.2. The Morgan fingerprint density at radius 1 is 1.33 bits per heavy atom. The minimum absolute atomic E-state index is 0.0664. The molecule has 0 heterocycles. The largest absolute Gasteiger partial charge is 0.390 e. The van der Waals surface area contributed by atoms with E-state index in [9.17, 15) is 21.6 Å². The molecule has 0 aromatic carbocycles. The van der Waals surface area contributed by atoms with E-state index in [1.807, 2.05) is 0 Å². The van der Waals surface area contributed by atoms with Gasteiger partial charge >= 0.3 is 6.18 Å². The molecule has 0 saturated carbocycles. The third-order valence-corrected chi connectivity index (χ3v) is 2.98. The Balaban J connectivity index is 3.92. The van der Waals surface area contributed by atoms with Crippen LogP contribution in [0.15, 0.2) is 0 Å². The van der Waals surface area contributed by atoms with Crippen LogP contribution in [0, 0.1) is 0 Å². The van der Waals surface area contributed by atoms with Crippen LogP contribution in [0.25, 0.3) is 0 Å². The second-order valence-corrected chi connectivity index (χ2v) is 5.84. The van der Waals surface area contributed by atoms with Crippen molar-refractivity contribution in [2.24, 2.45) is 0 Å². The molecule has 1 atom stereocenters. The van der Waals surface area contributed by atoms with Gasteiger partial charge in [-0.2, -0.15) is 13.2 Å². The normalized spacial score (nSPS) is 15.3. The molecule has 0 fully saturated rings. The standard InChI is InChI=1S/C8H16F3NO2S/c1-12-7(6-8(9,10)11)4-3-5-15(2,13)14/h7,12H,3-6H2,1-2H3. The number of hydrogen-bond donors (Lipinski definition) is 1. The monoisotopic (exact) mass is 247 g/mol. The minimum Gasteiger partial charge on any atom is -0.317 e. The second-order valence-electron chi connectivity index (χ2n) is 3.58. The predicted molar refractivity (Wildman–Crippen MR) is 52.5 cm³/mol. The van der Waals surface area contributed by atoms with E-state index in [1.165, 1.54) is 7.05 Å². The molecule has 0 rings (SSSR count). The predicted octanol–water partition coefficient (Wildman–Crippen LogP) is 1.35. The van der Waals surface area contributed by atoms with Crippen LogP contribution in [-0.2, 0) is 9.84 Å². The number of sulfone groups is 1. The first-order chi connectivity index (χ1) is 6.64. The van der Waals surface area contributed by atoms with Gasteiger partial charge in [-0.05, 0) is 19.9 Å². The van der Waals surface area contributed by atoms with Crippen LogP contribution >= 0.6 is 0 Å². The number of nitrogens with one attached hydrogen (secondary N) is 1. The Bertz CT molecular complexity index is 274. The molecule has 1 N–H and O–H groups in total. The molecule has 0 aromatic heterocycles. The maximum absolute atomic E-state index is 12.0. The molecule has 0 aliphatic heterocycles. The summed E-state index contributed by atoms with van der Waals surface area (Å²) >= 11 is 0. The second kappa shape index (κ2) is 5.69. The lowest BCUT2D eigenvalue weighted by Gasteiger charge is -2.17. The minimum atomic E-state index is -4.21. The highest BCUT2D eigenvalue weighted by Gasteiger charge is 2.30. The molecule has 0 radical (unpaired) electrons. The van der Waals surface area contributed by atoms with Crippen molar-refractivity contribution < 1.29 is 21.6 Å². The summed E-state index contributed by atoms with van der Waals surface area (Å²) < 4.78 is 57.5. The van der Waals surface area contributed by atoms with Crippen molar-refractivity contribution in [3.63, 3.8) is 0 Å². The lowest BCUT2D eigenvalue weighted by molar-refractivity contribution is -0.140. The number of rotatable bonds is 6. The summed E-state index contributed by atoms with van der Waals surface area (Å²) in [7, 11) is -1.64. The Labute approximate surface area is 88.0 Å². The quantitative estimate of drug-likeness (QED) is 0.770. The molecule has 92 valence electrons. The van der Waals surface area contributed by atoms with Crippen LogP contribution < -0.4 is 5.32 Å². The van der Waals surface area contributed by atoms with Gasteiger partial charge in [-0.1, -0.05) is 0 Å². The van der Waals surface area contributed by atoms with E-state index in [0.29, 0.717) is 0 Å². The van der Waals surface area contributed by atoms with Gasteiger partial charge in [-0.25, -0.2) is 8.42 Å². The van der Waals surface area contributed by atoms with Crippen LogP contribution in [0.5, 0.6) is 0 Å². The molecular formula is C8H16F3NO2S. The lowest BCUT2D eigenvalue weighted by Crippen LogP contribution is -2.31. The van der Waals surface area contributed by atoms with Crippen LogP contribution in [-0.4, -0.2) is 39.7 Å². The lowest BCUT2D eigenvalue weighted by atomic mass is 10.1. The van der Waals surface area contributed by atoms with Crippen LogP contribution in [0.4, 0.5) is 13.2 Å². The maximum atomic E-state index is 12.0. The van der Waals surface area contributed by atoms with Crippen molar-refractivity contribution in [3.05, 3.63) is 0 Å². The average molecular weight is 247 g/mol. The first kappa shape index (κ1) is 14.7. The Kier molecular flexibility index (Phi) is 5.58. The van der Waals surface area contributed by atoms with Gasteiger partial charge < -0.3 is 5.32 Å². The van der Waals surface area contributed by atoms with Gasteiger partial charge in [0.15, 0.2) is 0 Å². The number of hydrogen-bond acceptors (Lipinski definition) is 3. The molecule has 7 heteroatoms. The van der Waals surface area contributed by atoms with Crippen molar-refractivity contribution in [1.29, 1.82) is 0 Å². The third-order valence-electron chi connectivity index (χ3n) is 1.95. The highest BCUT2D eigenvalue weighted by Crippen LogP contribution is 2.23. The summed E-state index contributed by atoms with van der Waals surface area (Å²) in [5, 5.41) is 2.53. The van der Waals surface area contributed by atoms with Gasteiger partial charge in [-0.15, -0.1) is 0 Å². The molecule has 0 saturated heterocycles. The van der Waals surface area contributed by atoms with Crippen LogP contribution in [0.2, 0.25) is 0 Å². The van der Waals surface area contributed by atoms with Crippen molar-refractivity contribution in [3.8, 4) is 0 Å². The van der Waals surface area contributed by atoms with E-state index < -0.39 is 28.5 Å². The van der Waals surface area contributed by atoms with E-state index in [4.69, 9.17) is 0 Å². The van der Waals surface area contributed by atoms with Gasteiger partial charge in [-0.3, -0.25) is 0 Å². The summed E-state index contributed by atoms with van der Waals surface area (Å²) in [6.45, 7) is 0. The molecule has 0 spiro atoms. The molecule has 0 aliphatic rings. The molecule has 3 nitrogen and oxygen atoms in total.